The highest BCUT2D eigenvalue weighted by Crippen LogP contribution is 2.58. The number of thiophene rings is 1. The summed E-state index contributed by atoms with van der Waals surface area (Å²) in [5.41, 5.74) is 12.0. The summed E-state index contributed by atoms with van der Waals surface area (Å²) < 4.78 is 2.61. The van der Waals surface area contributed by atoms with E-state index in [-0.39, 0.29) is 0 Å². The van der Waals surface area contributed by atoms with E-state index in [0.717, 1.165) is 27.8 Å². The molecule has 0 saturated heterocycles. The molecule has 0 amide bonds. The Balaban J connectivity index is 1.08. The lowest BCUT2D eigenvalue weighted by molar-refractivity contribution is 0.768. The molecule has 0 aliphatic heterocycles. The minimum atomic E-state index is -0.517. The van der Waals surface area contributed by atoms with Crippen molar-refractivity contribution in [2.45, 2.75) is 5.41 Å². The van der Waals surface area contributed by atoms with Gasteiger partial charge in [0.25, 0.3) is 0 Å². The Labute approximate surface area is 329 Å². The maximum atomic E-state index is 5.29. The third kappa shape index (κ3) is 5.07. The molecular formula is C52H33N3S. The van der Waals surface area contributed by atoms with Gasteiger partial charge in [0, 0.05) is 36.9 Å². The Bertz CT molecular complexity index is 3020. The third-order valence-electron chi connectivity index (χ3n) is 11.2. The van der Waals surface area contributed by atoms with E-state index in [4.69, 9.17) is 15.0 Å². The fourth-order valence-corrected chi connectivity index (χ4v) is 9.88. The van der Waals surface area contributed by atoms with Gasteiger partial charge in [-0.1, -0.05) is 188 Å². The van der Waals surface area contributed by atoms with Crippen LogP contribution in [0.2, 0.25) is 0 Å². The van der Waals surface area contributed by atoms with E-state index >= 15 is 0 Å². The first-order chi connectivity index (χ1) is 27.8. The number of nitrogens with zero attached hydrogens (tertiary/aromatic N) is 3. The van der Waals surface area contributed by atoms with E-state index in [1.165, 1.54) is 53.6 Å². The Morgan fingerprint density at radius 2 is 0.857 bits per heavy atom. The number of aromatic nitrogens is 3. The zero-order valence-corrected chi connectivity index (χ0v) is 31.1. The molecule has 11 rings (SSSR count). The molecule has 10 aromatic rings. The van der Waals surface area contributed by atoms with Gasteiger partial charge in [-0.05, 0) is 56.6 Å². The van der Waals surface area contributed by atoms with E-state index in [1.807, 2.05) is 29.5 Å². The first-order valence-electron chi connectivity index (χ1n) is 18.9. The minimum Gasteiger partial charge on any atom is -0.208 e. The molecular weight excluding hydrogens is 699 g/mol. The molecule has 0 unspecified atom stereocenters. The van der Waals surface area contributed by atoms with E-state index in [2.05, 4.69) is 182 Å². The second-order valence-corrected chi connectivity index (χ2v) is 15.4. The number of fused-ring (bicyclic) bond motifs is 6. The topological polar surface area (TPSA) is 38.7 Å². The highest BCUT2D eigenvalue weighted by atomic mass is 32.1. The normalized spacial score (nSPS) is 12.8. The van der Waals surface area contributed by atoms with Crippen LogP contribution in [-0.4, -0.2) is 15.0 Å². The van der Waals surface area contributed by atoms with Gasteiger partial charge in [-0.15, -0.1) is 11.3 Å². The Morgan fingerprint density at radius 1 is 0.339 bits per heavy atom. The quantitative estimate of drug-likeness (QED) is 0.171. The number of benzene rings is 8. The lowest BCUT2D eigenvalue weighted by atomic mass is 9.67. The molecule has 0 spiro atoms. The second-order valence-electron chi connectivity index (χ2n) is 14.3. The van der Waals surface area contributed by atoms with Crippen LogP contribution >= 0.6 is 11.3 Å². The van der Waals surface area contributed by atoms with E-state index in [9.17, 15) is 0 Å². The summed E-state index contributed by atoms with van der Waals surface area (Å²) in [6.07, 6.45) is 0. The molecule has 262 valence electrons. The fraction of sp³-hybridized carbons (Fsp3) is 0.0192. The van der Waals surface area contributed by atoms with Gasteiger partial charge in [-0.3, -0.25) is 0 Å². The van der Waals surface area contributed by atoms with Crippen LogP contribution in [0.15, 0.2) is 200 Å². The van der Waals surface area contributed by atoms with E-state index in [1.54, 1.807) is 0 Å². The summed E-state index contributed by atoms with van der Waals surface area (Å²) >= 11 is 1.84. The molecule has 1 aliphatic carbocycles. The lowest BCUT2D eigenvalue weighted by Gasteiger charge is -2.33. The molecule has 0 fully saturated rings. The van der Waals surface area contributed by atoms with Gasteiger partial charge in [0.05, 0.1) is 5.41 Å². The molecule has 2 aromatic heterocycles. The molecule has 8 aromatic carbocycles. The smallest absolute Gasteiger partial charge is 0.164 e. The molecule has 0 bridgehead atoms. The van der Waals surface area contributed by atoms with Crippen molar-refractivity contribution in [1.82, 2.24) is 15.0 Å². The number of hydrogen-bond acceptors (Lipinski definition) is 4. The largest absolute Gasteiger partial charge is 0.208 e. The van der Waals surface area contributed by atoms with Crippen molar-refractivity contribution in [3.05, 3.63) is 222 Å². The van der Waals surface area contributed by atoms with Crippen LogP contribution in [-0.2, 0) is 5.41 Å². The molecule has 0 atom stereocenters. The lowest BCUT2D eigenvalue weighted by Crippen LogP contribution is -2.28. The predicted octanol–water partition coefficient (Wildman–Crippen LogP) is 13.3. The second kappa shape index (κ2) is 13.1. The predicted molar refractivity (Wildman–Crippen MR) is 232 cm³/mol. The first-order valence-corrected chi connectivity index (χ1v) is 19.8. The van der Waals surface area contributed by atoms with Crippen molar-refractivity contribution < 1.29 is 0 Å². The zero-order chi connectivity index (χ0) is 37.1. The summed E-state index contributed by atoms with van der Waals surface area (Å²) in [6, 6.07) is 71.5. The van der Waals surface area contributed by atoms with Crippen molar-refractivity contribution in [1.29, 1.82) is 0 Å². The fourth-order valence-electron chi connectivity index (χ4n) is 8.74. The minimum absolute atomic E-state index is 0.517. The van der Waals surface area contributed by atoms with Crippen molar-refractivity contribution >= 4 is 31.5 Å². The van der Waals surface area contributed by atoms with E-state index in [0.29, 0.717) is 17.5 Å². The van der Waals surface area contributed by atoms with Gasteiger partial charge in [0.15, 0.2) is 17.5 Å². The molecule has 2 heterocycles. The number of rotatable bonds is 6. The van der Waals surface area contributed by atoms with Gasteiger partial charge in [-0.2, -0.15) is 0 Å². The van der Waals surface area contributed by atoms with Gasteiger partial charge >= 0.3 is 0 Å². The third-order valence-corrected chi connectivity index (χ3v) is 12.4. The molecule has 4 heteroatoms. The van der Waals surface area contributed by atoms with Gasteiger partial charge in [-0.25, -0.2) is 15.0 Å². The van der Waals surface area contributed by atoms with Crippen LogP contribution in [0.3, 0.4) is 0 Å². The average molecular weight is 732 g/mol. The average Bonchev–Trinajstić information content (AvgIpc) is 3.81. The highest BCUT2D eigenvalue weighted by molar-refractivity contribution is 7.25. The summed E-state index contributed by atoms with van der Waals surface area (Å²) in [7, 11) is 0. The highest BCUT2D eigenvalue weighted by Gasteiger charge is 2.47. The van der Waals surface area contributed by atoms with Crippen LogP contribution in [0.25, 0.3) is 76.6 Å². The Kier molecular flexibility index (Phi) is 7.58. The van der Waals surface area contributed by atoms with Gasteiger partial charge in [0.2, 0.25) is 0 Å². The Hall–Kier alpha value is -7.01. The van der Waals surface area contributed by atoms with Gasteiger partial charge in [0.1, 0.15) is 0 Å². The standard InChI is InChI=1S/C52H33N3S/c1-4-15-35(16-5-1)49-53-50(36-29-27-34(28-30-36)37-31-32-41-40-21-11-13-26-46(40)56-47(41)33-37)55-51(54-49)43-23-14-25-45-48(43)42-22-10-12-24-44(42)52(45,38-17-6-2-7-18-38)39-19-8-3-9-20-39/h1-33H. The molecule has 0 N–H and O–H groups in total. The van der Waals surface area contributed by atoms with Crippen molar-refractivity contribution in [3.8, 4) is 56.4 Å². The zero-order valence-electron chi connectivity index (χ0n) is 30.3. The molecule has 1 aliphatic rings. The van der Waals surface area contributed by atoms with Gasteiger partial charge < -0.3 is 0 Å². The molecule has 56 heavy (non-hydrogen) atoms. The summed E-state index contributed by atoms with van der Waals surface area (Å²) in [5, 5.41) is 2.62. The van der Waals surface area contributed by atoms with Crippen LogP contribution < -0.4 is 0 Å². The maximum Gasteiger partial charge on any atom is 0.164 e. The van der Waals surface area contributed by atoms with E-state index < -0.39 is 5.41 Å². The molecule has 3 nitrogen and oxygen atoms in total. The maximum absolute atomic E-state index is 5.29. The summed E-state index contributed by atoms with van der Waals surface area (Å²) in [6.45, 7) is 0. The van der Waals surface area contributed by atoms with Crippen LogP contribution in [0.4, 0.5) is 0 Å². The SMILES string of the molecule is c1ccc(-c2nc(-c3ccc(-c4ccc5c(c4)sc4ccccc45)cc3)nc(-c3cccc4c3-c3ccccc3C4(c3ccccc3)c3ccccc3)n2)cc1. The van der Waals surface area contributed by atoms with Crippen LogP contribution in [0.1, 0.15) is 22.3 Å². The first kappa shape index (κ1) is 32.4. The van der Waals surface area contributed by atoms with Crippen LogP contribution in [0.5, 0.6) is 0 Å². The molecule has 0 radical (unpaired) electrons. The molecule has 0 saturated carbocycles. The van der Waals surface area contributed by atoms with Crippen molar-refractivity contribution in [3.63, 3.8) is 0 Å². The van der Waals surface area contributed by atoms with Crippen LogP contribution in [0, 0.1) is 0 Å². The summed E-state index contributed by atoms with van der Waals surface area (Å²) in [4.78, 5) is 15.6. The van der Waals surface area contributed by atoms with Crippen molar-refractivity contribution in [2.75, 3.05) is 0 Å². The number of hydrogen-bond donors (Lipinski definition) is 0. The monoisotopic (exact) mass is 731 g/mol. The van der Waals surface area contributed by atoms with Crippen molar-refractivity contribution in [2.24, 2.45) is 0 Å². The summed E-state index contributed by atoms with van der Waals surface area (Å²) in [5.74, 6) is 1.93. The Morgan fingerprint density at radius 3 is 1.59 bits per heavy atom.